The molecule has 1 fully saturated rings. The minimum atomic E-state index is 0.0917. The molecule has 0 atom stereocenters. The van der Waals surface area contributed by atoms with Crippen LogP contribution in [-0.4, -0.2) is 33.4 Å². The molecule has 1 aliphatic rings. The highest BCUT2D eigenvalue weighted by Gasteiger charge is 2.18. The molecule has 0 bridgehead atoms. The van der Waals surface area contributed by atoms with Crippen molar-refractivity contribution in [3.05, 3.63) is 28.5 Å². The van der Waals surface area contributed by atoms with Gasteiger partial charge in [-0.3, -0.25) is 4.79 Å². The maximum absolute atomic E-state index is 12.4. The number of likely N-dealkylation sites (tertiary alicyclic amines) is 1. The zero-order valence-electron chi connectivity index (χ0n) is 11.6. The van der Waals surface area contributed by atoms with E-state index in [2.05, 4.69) is 11.1 Å². The number of piperidine rings is 1. The molecule has 1 aromatic carbocycles. The minimum Gasteiger partial charge on any atom is -0.341 e. The zero-order valence-corrected chi connectivity index (χ0v) is 12.4. The lowest BCUT2D eigenvalue weighted by Crippen LogP contribution is -2.37. The first-order valence-electron chi connectivity index (χ1n) is 7.09. The molecule has 0 aliphatic carbocycles. The van der Waals surface area contributed by atoms with E-state index in [9.17, 15) is 4.79 Å². The molecule has 6 heteroatoms. The summed E-state index contributed by atoms with van der Waals surface area (Å²) in [6.07, 6.45) is 3.34. The molecule has 108 valence electrons. The van der Waals surface area contributed by atoms with Crippen molar-refractivity contribution in [2.45, 2.75) is 25.8 Å². The number of hydrogen-bond donors (Lipinski definition) is 1. The Balaban J connectivity index is 1.92. The fourth-order valence-electron chi connectivity index (χ4n) is 2.76. The molecule has 0 unspecified atom stereocenters. The van der Waals surface area contributed by atoms with Crippen LogP contribution in [0.3, 0.4) is 0 Å². The summed E-state index contributed by atoms with van der Waals surface area (Å²) < 4.78 is 2.30. The van der Waals surface area contributed by atoms with Gasteiger partial charge in [0.2, 0.25) is 5.91 Å². The second kappa shape index (κ2) is 5.70. The van der Waals surface area contributed by atoms with Crippen LogP contribution in [0.2, 0.25) is 0 Å². The van der Waals surface area contributed by atoms with Gasteiger partial charge < -0.3 is 14.5 Å². The predicted molar refractivity (Wildman–Crippen MR) is 82.3 cm³/mol. The van der Waals surface area contributed by atoms with Crippen molar-refractivity contribution in [2.75, 3.05) is 13.1 Å². The minimum absolute atomic E-state index is 0.0917. The predicted octanol–water partition coefficient (Wildman–Crippen LogP) is 2.58. The average Bonchev–Trinajstić information content (AvgIpc) is 2.83. The largest absolute Gasteiger partial charge is 0.341 e. The second-order valence-electron chi connectivity index (χ2n) is 5.30. The zero-order chi connectivity index (χ0) is 14.8. The van der Waals surface area contributed by atoms with Crippen LogP contribution >= 0.6 is 12.2 Å². The number of fused-ring (bicyclic) bond motifs is 1. The third kappa shape index (κ3) is 2.69. The fraction of sp³-hybridized carbons (Fsp3) is 0.400. The number of aromatic nitrogens is 2. The van der Waals surface area contributed by atoms with Gasteiger partial charge in [-0.15, -0.1) is 0 Å². The number of rotatable bonds is 2. The van der Waals surface area contributed by atoms with Crippen molar-refractivity contribution in [3.8, 4) is 6.07 Å². The molecule has 0 spiro atoms. The van der Waals surface area contributed by atoms with Crippen molar-refractivity contribution < 1.29 is 4.79 Å². The SMILES string of the molecule is N#Cc1ccc2[nH]c(=S)n(CC(=O)N3CCCCC3)c2c1. The maximum Gasteiger partial charge on any atom is 0.242 e. The highest BCUT2D eigenvalue weighted by Crippen LogP contribution is 2.17. The number of amides is 1. The maximum atomic E-state index is 12.4. The molecular formula is C15H16N4OS. The van der Waals surface area contributed by atoms with Crippen molar-refractivity contribution in [3.63, 3.8) is 0 Å². The number of aromatic amines is 1. The molecule has 2 aromatic rings. The number of carbonyl (C=O) groups is 1. The molecule has 5 nitrogen and oxygen atoms in total. The first-order chi connectivity index (χ1) is 10.2. The Hall–Kier alpha value is -2.13. The number of nitrogens with one attached hydrogen (secondary N) is 1. The van der Waals surface area contributed by atoms with Crippen molar-refractivity contribution in [2.24, 2.45) is 0 Å². The fourth-order valence-corrected chi connectivity index (χ4v) is 3.03. The molecule has 1 N–H and O–H groups in total. The third-order valence-electron chi connectivity index (χ3n) is 3.91. The third-order valence-corrected chi connectivity index (χ3v) is 4.23. The quantitative estimate of drug-likeness (QED) is 0.867. The molecule has 1 amide bonds. The van der Waals surface area contributed by atoms with Gasteiger partial charge in [-0.1, -0.05) is 0 Å². The summed E-state index contributed by atoms with van der Waals surface area (Å²) in [5.74, 6) is 0.0917. The van der Waals surface area contributed by atoms with Gasteiger partial charge in [-0.25, -0.2) is 0 Å². The van der Waals surface area contributed by atoms with Crippen molar-refractivity contribution >= 4 is 29.2 Å². The van der Waals surface area contributed by atoms with Gasteiger partial charge in [0.1, 0.15) is 6.54 Å². The van der Waals surface area contributed by atoms with Crippen LogP contribution in [-0.2, 0) is 11.3 Å². The number of carbonyl (C=O) groups excluding carboxylic acids is 1. The van der Waals surface area contributed by atoms with E-state index in [1.165, 1.54) is 6.42 Å². The monoisotopic (exact) mass is 300 g/mol. The Morgan fingerprint density at radius 1 is 1.33 bits per heavy atom. The number of nitrogens with zero attached hydrogens (tertiary/aromatic N) is 3. The Morgan fingerprint density at radius 3 is 2.81 bits per heavy atom. The van der Waals surface area contributed by atoms with Gasteiger partial charge in [-0.2, -0.15) is 5.26 Å². The van der Waals surface area contributed by atoms with Gasteiger partial charge in [0.15, 0.2) is 4.77 Å². The molecule has 21 heavy (non-hydrogen) atoms. The summed E-state index contributed by atoms with van der Waals surface area (Å²) in [5, 5.41) is 9.01. The van der Waals surface area contributed by atoms with Crippen LogP contribution in [0.1, 0.15) is 24.8 Å². The van der Waals surface area contributed by atoms with Gasteiger partial charge in [-0.05, 0) is 49.7 Å². The number of benzene rings is 1. The molecular weight excluding hydrogens is 284 g/mol. The van der Waals surface area contributed by atoms with E-state index in [1.807, 2.05) is 11.0 Å². The normalized spacial score (nSPS) is 15.1. The number of H-pyrrole nitrogens is 1. The van der Waals surface area contributed by atoms with Crippen molar-refractivity contribution in [1.82, 2.24) is 14.5 Å². The van der Waals surface area contributed by atoms with Gasteiger partial charge in [0, 0.05) is 13.1 Å². The average molecular weight is 300 g/mol. The van der Waals surface area contributed by atoms with E-state index in [1.54, 1.807) is 16.7 Å². The molecule has 1 aliphatic heterocycles. The summed E-state index contributed by atoms with van der Waals surface area (Å²) >= 11 is 5.31. The molecule has 0 saturated carbocycles. The lowest BCUT2D eigenvalue weighted by molar-refractivity contribution is -0.132. The van der Waals surface area contributed by atoms with Crippen LogP contribution in [0.25, 0.3) is 11.0 Å². The van der Waals surface area contributed by atoms with E-state index in [0.717, 1.165) is 37.0 Å². The smallest absolute Gasteiger partial charge is 0.242 e. The summed E-state index contributed by atoms with van der Waals surface area (Å²) in [5.41, 5.74) is 2.23. The standard InChI is InChI=1S/C15H16N4OS/c16-9-11-4-5-12-13(8-11)19(15(21)17-12)10-14(20)18-6-2-1-3-7-18/h4-5,8H,1-3,6-7,10H2,(H,17,21). The summed E-state index contributed by atoms with van der Waals surface area (Å²) in [7, 11) is 0. The second-order valence-corrected chi connectivity index (χ2v) is 5.69. The highest BCUT2D eigenvalue weighted by atomic mass is 32.1. The van der Waals surface area contributed by atoms with Gasteiger partial charge in [0.05, 0.1) is 22.7 Å². The molecule has 1 saturated heterocycles. The van der Waals surface area contributed by atoms with Crippen LogP contribution in [0.5, 0.6) is 0 Å². The Labute approximate surface area is 127 Å². The van der Waals surface area contributed by atoms with E-state index < -0.39 is 0 Å². The van der Waals surface area contributed by atoms with E-state index >= 15 is 0 Å². The number of imidazole rings is 1. The van der Waals surface area contributed by atoms with Crippen molar-refractivity contribution in [1.29, 1.82) is 5.26 Å². The molecule has 0 radical (unpaired) electrons. The number of nitriles is 1. The van der Waals surface area contributed by atoms with E-state index in [4.69, 9.17) is 17.5 Å². The first-order valence-corrected chi connectivity index (χ1v) is 7.50. The Kier molecular flexibility index (Phi) is 3.76. The highest BCUT2D eigenvalue weighted by molar-refractivity contribution is 7.71. The van der Waals surface area contributed by atoms with Crippen LogP contribution in [0.15, 0.2) is 18.2 Å². The van der Waals surface area contributed by atoms with Gasteiger partial charge in [0.25, 0.3) is 0 Å². The first kappa shape index (κ1) is 13.8. The van der Waals surface area contributed by atoms with Gasteiger partial charge >= 0.3 is 0 Å². The van der Waals surface area contributed by atoms with Crippen LogP contribution < -0.4 is 0 Å². The topological polar surface area (TPSA) is 64.8 Å². The Morgan fingerprint density at radius 2 is 2.10 bits per heavy atom. The summed E-state index contributed by atoms with van der Waals surface area (Å²) in [6, 6.07) is 7.45. The Bertz CT molecular complexity index is 777. The van der Waals surface area contributed by atoms with Crippen LogP contribution in [0, 0.1) is 16.1 Å². The molecule has 1 aromatic heterocycles. The van der Waals surface area contributed by atoms with Crippen LogP contribution in [0.4, 0.5) is 0 Å². The summed E-state index contributed by atoms with van der Waals surface area (Å²) in [4.78, 5) is 17.4. The van der Waals surface area contributed by atoms with E-state index in [-0.39, 0.29) is 12.5 Å². The lowest BCUT2D eigenvalue weighted by atomic mass is 10.1. The lowest BCUT2D eigenvalue weighted by Gasteiger charge is -2.26. The summed E-state index contributed by atoms with van der Waals surface area (Å²) in [6.45, 7) is 1.89. The molecule has 2 heterocycles. The molecule has 3 rings (SSSR count). The number of hydrogen-bond acceptors (Lipinski definition) is 3. The van der Waals surface area contributed by atoms with E-state index in [0.29, 0.717) is 10.3 Å².